The summed E-state index contributed by atoms with van der Waals surface area (Å²) >= 11 is 0. The van der Waals surface area contributed by atoms with Crippen LogP contribution in [0.5, 0.6) is 0 Å². The van der Waals surface area contributed by atoms with Crippen LogP contribution in [0, 0.1) is 5.92 Å². The maximum atomic E-state index is 12.5. The summed E-state index contributed by atoms with van der Waals surface area (Å²) in [6.45, 7) is 5.64. The van der Waals surface area contributed by atoms with Gasteiger partial charge < -0.3 is 9.84 Å². The van der Waals surface area contributed by atoms with Crippen molar-refractivity contribution in [3.8, 4) is 0 Å². The van der Waals surface area contributed by atoms with Crippen LogP contribution in [-0.2, 0) is 19.1 Å². The summed E-state index contributed by atoms with van der Waals surface area (Å²) in [7, 11) is 0. The van der Waals surface area contributed by atoms with Gasteiger partial charge in [-0.05, 0) is 19.3 Å². The average molecular weight is 338 g/mol. The molecule has 1 rings (SSSR count). The van der Waals surface area contributed by atoms with Crippen molar-refractivity contribution in [2.24, 2.45) is 11.0 Å². The van der Waals surface area contributed by atoms with Gasteiger partial charge in [-0.3, -0.25) is 9.59 Å². The first-order chi connectivity index (χ1) is 11.5. The van der Waals surface area contributed by atoms with Crippen LogP contribution in [0.2, 0.25) is 0 Å². The number of hydrogen-bond acceptors (Lipinski definition) is 5. The fourth-order valence-corrected chi connectivity index (χ4v) is 2.55. The van der Waals surface area contributed by atoms with Gasteiger partial charge in [0.15, 0.2) is 6.04 Å². The number of esters is 1. The lowest BCUT2D eigenvalue weighted by molar-refractivity contribution is -0.154. The molecule has 0 aromatic heterocycles. The van der Waals surface area contributed by atoms with E-state index in [1.807, 2.05) is 0 Å². The topological polar surface area (TPSA) is 96.3 Å². The number of aliphatic carboxylic acids is 1. The second kappa shape index (κ2) is 10.6. The highest BCUT2D eigenvalue weighted by Gasteiger charge is 2.33. The molecule has 0 aromatic rings. The number of rotatable bonds is 10. The fraction of sp³-hybridized carbons (Fsp3) is 0.647. The van der Waals surface area contributed by atoms with Crippen molar-refractivity contribution in [3.63, 3.8) is 0 Å². The van der Waals surface area contributed by atoms with Crippen LogP contribution in [0.4, 0.5) is 0 Å². The van der Waals surface area contributed by atoms with E-state index in [4.69, 9.17) is 4.74 Å². The predicted octanol–water partition coefficient (Wildman–Crippen LogP) is 2.36. The van der Waals surface area contributed by atoms with E-state index in [-0.39, 0.29) is 13.0 Å². The van der Waals surface area contributed by atoms with E-state index in [9.17, 15) is 19.5 Å². The second-order valence-electron chi connectivity index (χ2n) is 5.78. The van der Waals surface area contributed by atoms with Crippen LogP contribution in [0.3, 0.4) is 0 Å². The molecule has 0 aliphatic carbocycles. The van der Waals surface area contributed by atoms with Crippen molar-refractivity contribution in [2.45, 2.75) is 57.9 Å². The molecule has 134 valence electrons. The molecule has 7 heteroatoms. The first-order valence-corrected chi connectivity index (χ1v) is 8.36. The number of nitrogens with zero attached hydrogens (tertiary/aromatic N) is 2. The van der Waals surface area contributed by atoms with Crippen molar-refractivity contribution in [3.05, 3.63) is 12.7 Å². The summed E-state index contributed by atoms with van der Waals surface area (Å²) < 4.78 is 5.06. The van der Waals surface area contributed by atoms with Gasteiger partial charge in [0.05, 0.1) is 5.92 Å². The van der Waals surface area contributed by atoms with E-state index in [2.05, 4.69) is 18.6 Å². The molecule has 1 aliphatic heterocycles. The van der Waals surface area contributed by atoms with Gasteiger partial charge >= 0.3 is 11.9 Å². The highest BCUT2D eigenvalue weighted by atomic mass is 16.5. The number of carboxylic acid groups (broad SMARTS) is 1. The molecular weight excluding hydrogens is 312 g/mol. The molecule has 0 aromatic carbocycles. The van der Waals surface area contributed by atoms with E-state index in [0.29, 0.717) is 19.3 Å². The molecule has 0 bridgehead atoms. The lowest BCUT2D eigenvalue weighted by Crippen LogP contribution is -2.44. The number of amides is 1. The highest BCUT2D eigenvalue weighted by Crippen LogP contribution is 2.21. The normalized spacial score (nSPS) is 18.0. The first-order valence-electron chi connectivity index (χ1n) is 8.36. The maximum Gasteiger partial charge on any atom is 0.328 e. The lowest BCUT2D eigenvalue weighted by atomic mass is 9.96. The largest absolute Gasteiger partial charge is 0.480 e. The van der Waals surface area contributed by atoms with E-state index in [0.717, 1.165) is 24.3 Å². The molecule has 0 saturated heterocycles. The molecule has 0 saturated carbocycles. The van der Waals surface area contributed by atoms with Crippen molar-refractivity contribution >= 4 is 24.1 Å². The number of unbranched alkanes of at least 4 members (excludes halogenated alkanes) is 2. The maximum absolute atomic E-state index is 12.5. The van der Waals surface area contributed by atoms with Crippen molar-refractivity contribution in [2.75, 3.05) is 6.61 Å². The summed E-state index contributed by atoms with van der Waals surface area (Å²) in [4.78, 5) is 35.9. The number of hydrogen-bond donors (Lipinski definition) is 1. The van der Waals surface area contributed by atoms with E-state index < -0.39 is 29.8 Å². The standard InChI is InChI=1S/C17H26N2O5/c1-3-5-6-8-13(17(23)24-11-4-2)12-15(20)19-14(16(21)22)9-7-10-18-19/h4,10,13-14H,2-3,5-9,11-12H2,1H3,(H,21,22)/t13-,14-/m1/s1. The third-order valence-corrected chi connectivity index (χ3v) is 3.86. The van der Waals surface area contributed by atoms with Gasteiger partial charge in [-0.2, -0.15) is 5.10 Å². The predicted molar refractivity (Wildman–Crippen MR) is 89.4 cm³/mol. The molecule has 0 fully saturated rings. The lowest BCUT2D eigenvalue weighted by Gasteiger charge is -2.28. The van der Waals surface area contributed by atoms with E-state index in [1.165, 1.54) is 12.3 Å². The Labute approximate surface area is 142 Å². The molecular formula is C17H26N2O5. The Bertz CT molecular complexity index is 489. The Morgan fingerprint density at radius 1 is 1.46 bits per heavy atom. The molecule has 2 atom stereocenters. The fourth-order valence-electron chi connectivity index (χ4n) is 2.55. The third-order valence-electron chi connectivity index (χ3n) is 3.86. The number of ether oxygens (including phenoxy) is 1. The summed E-state index contributed by atoms with van der Waals surface area (Å²) in [5.74, 6) is -2.59. The zero-order chi connectivity index (χ0) is 17.9. The van der Waals surface area contributed by atoms with E-state index in [1.54, 1.807) is 0 Å². The smallest absolute Gasteiger partial charge is 0.328 e. The van der Waals surface area contributed by atoms with Crippen molar-refractivity contribution in [1.29, 1.82) is 0 Å². The Morgan fingerprint density at radius 2 is 2.21 bits per heavy atom. The minimum atomic E-state index is -1.09. The SMILES string of the molecule is C=CCOC(=O)[C@H](CCCCC)CC(=O)N1N=CCC[C@@H]1C(=O)O. The Hall–Kier alpha value is -2.18. The summed E-state index contributed by atoms with van der Waals surface area (Å²) in [6.07, 6.45) is 7.04. The van der Waals surface area contributed by atoms with Gasteiger partial charge in [-0.15, -0.1) is 0 Å². The number of carboxylic acids is 1. The van der Waals surface area contributed by atoms with Gasteiger partial charge in [0.2, 0.25) is 5.91 Å². The molecule has 0 spiro atoms. The molecule has 1 aliphatic rings. The molecule has 7 nitrogen and oxygen atoms in total. The Morgan fingerprint density at radius 3 is 2.83 bits per heavy atom. The molecule has 1 amide bonds. The monoisotopic (exact) mass is 338 g/mol. The van der Waals surface area contributed by atoms with Crippen LogP contribution in [0.1, 0.15) is 51.9 Å². The third kappa shape index (κ3) is 6.14. The molecule has 0 unspecified atom stereocenters. The van der Waals surface area contributed by atoms with Gasteiger partial charge in [-0.1, -0.05) is 38.8 Å². The quantitative estimate of drug-likeness (QED) is 0.375. The van der Waals surface area contributed by atoms with Gasteiger partial charge in [0.25, 0.3) is 0 Å². The summed E-state index contributed by atoms with van der Waals surface area (Å²) in [6, 6.07) is -0.969. The van der Waals surface area contributed by atoms with Crippen LogP contribution in [0.15, 0.2) is 17.8 Å². The van der Waals surface area contributed by atoms with Crippen molar-refractivity contribution in [1.82, 2.24) is 5.01 Å². The minimum absolute atomic E-state index is 0.0942. The Kier molecular flexibility index (Phi) is 8.75. The molecule has 1 heterocycles. The van der Waals surface area contributed by atoms with E-state index >= 15 is 0 Å². The minimum Gasteiger partial charge on any atom is -0.480 e. The van der Waals surface area contributed by atoms with Crippen LogP contribution in [-0.4, -0.2) is 46.8 Å². The average Bonchev–Trinajstić information content (AvgIpc) is 2.58. The first kappa shape index (κ1) is 19.9. The molecule has 24 heavy (non-hydrogen) atoms. The summed E-state index contributed by atoms with van der Waals surface area (Å²) in [5, 5.41) is 14.1. The number of carbonyl (C=O) groups excluding carboxylic acids is 2. The number of carbonyl (C=O) groups is 3. The molecule has 0 radical (unpaired) electrons. The zero-order valence-electron chi connectivity index (χ0n) is 14.1. The van der Waals surface area contributed by atoms with Crippen molar-refractivity contribution < 1.29 is 24.2 Å². The Balaban J connectivity index is 2.75. The van der Waals surface area contributed by atoms with Gasteiger partial charge in [-0.25, -0.2) is 9.80 Å². The van der Waals surface area contributed by atoms with Gasteiger partial charge in [0, 0.05) is 12.6 Å². The van der Waals surface area contributed by atoms with Crippen LogP contribution in [0.25, 0.3) is 0 Å². The second-order valence-corrected chi connectivity index (χ2v) is 5.78. The zero-order valence-corrected chi connectivity index (χ0v) is 14.1. The number of hydrazone groups is 1. The molecule has 1 N–H and O–H groups in total. The van der Waals surface area contributed by atoms with Gasteiger partial charge in [0.1, 0.15) is 6.61 Å². The highest BCUT2D eigenvalue weighted by molar-refractivity contribution is 5.88. The van der Waals surface area contributed by atoms with Crippen LogP contribution < -0.4 is 0 Å². The summed E-state index contributed by atoms with van der Waals surface area (Å²) in [5.41, 5.74) is 0. The van der Waals surface area contributed by atoms with Crippen LogP contribution >= 0.6 is 0 Å².